The first kappa shape index (κ1) is 15.7. The highest BCUT2D eigenvalue weighted by atomic mass is 35.5. The van der Waals surface area contributed by atoms with Crippen molar-refractivity contribution in [3.8, 4) is 21.0 Å². The van der Waals surface area contributed by atoms with Crippen LogP contribution in [0.1, 0.15) is 18.3 Å². The van der Waals surface area contributed by atoms with Gasteiger partial charge in [-0.25, -0.2) is 9.97 Å². The molecule has 0 spiro atoms. The van der Waals surface area contributed by atoms with Gasteiger partial charge in [-0.3, -0.25) is 0 Å². The molecule has 0 N–H and O–H groups in total. The zero-order valence-corrected chi connectivity index (χ0v) is 14.4. The van der Waals surface area contributed by atoms with Crippen molar-refractivity contribution in [3.63, 3.8) is 0 Å². The monoisotopic (exact) mass is 358 g/mol. The maximum absolute atomic E-state index is 5.84. The van der Waals surface area contributed by atoms with Crippen LogP contribution >= 0.6 is 22.9 Å². The molecule has 0 aliphatic carbocycles. The largest absolute Gasteiger partial charge is 0.348 e. The number of halogens is 1. The highest BCUT2D eigenvalue weighted by Gasteiger charge is 2.16. The first-order chi connectivity index (χ1) is 11.8. The maximum atomic E-state index is 5.84. The van der Waals surface area contributed by atoms with E-state index in [-0.39, 0.29) is 6.29 Å². The van der Waals surface area contributed by atoms with Crippen LogP contribution in [0.5, 0.6) is 0 Å². The van der Waals surface area contributed by atoms with Gasteiger partial charge in [0, 0.05) is 29.1 Å². The van der Waals surface area contributed by atoms with Gasteiger partial charge in [-0.1, -0.05) is 35.9 Å². The third-order valence-electron chi connectivity index (χ3n) is 3.77. The van der Waals surface area contributed by atoms with E-state index in [1.165, 1.54) is 0 Å². The Morgan fingerprint density at radius 2 is 1.67 bits per heavy atom. The van der Waals surface area contributed by atoms with Crippen LogP contribution < -0.4 is 0 Å². The Kier molecular flexibility index (Phi) is 4.58. The van der Waals surface area contributed by atoms with E-state index in [0.29, 0.717) is 5.15 Å². The van der Waals surface area contributed by atoms with Crippen LogP contribution in [-0.2, 0) is 9.47 Å². The fourth-order valence-electron chi connectivity index (χ4n) is 2.53. The zero-order chi connectivity index (χ0) is 16.4. The molecular formula is C18H15ClN2O2S. The normalized spacial score (nSPS) is 15.5. The van der Waals surface area contributed by atoms with Gasteiger partial charge >= 0.3 is 0 Å². The molecule has 1 aromatic carbocycles. The predicted octanol–water partition coefficient (Wildman–Crippen LogP) is 4.96. The topological polar surface area (TPSA) is 44.2 Å². The fourth-order valence-corrected chi connectivity index (χ4v) is 3.55. The predicted molar refractivity (Wildman–Crippen MR) is 95.1 cm³/mol. The smallest absolute Gasteiger partial charge is 0.183 e. The fraction of sp³-hybridized carbons (Fsp3) is 0.222. The van der Waals surface area contributed by atoms with Crippen molar-refractivity contribution in [2.45, 2.75) is 12.7 Å². The number of thiazole rings is 1. The summed E-state index contributed by atoms with van der Waals surface area (Å²) in [6.45, 7) is 1.49. The average molecular weight is 359 g/mol. The van der Waals surface area contributed by atoms with E-state index in [1.807, 2.05) is 24.4 Å². The standard InChI is InChI=1S/C18H15ClN2O2S/c19-16-7-6-14(10-20-16)15-11-21-17(24-15)12-2-4-13(5-3-12)18-22-8-1-9-23-18/h2-7,10-11,18H,1,8-9H2. The number of benzene rings is 1. The third kappa shape index (κ3) is 3.35. The second-order valence-corrected chi connectivity index (χ2v) is 6.87. The van der Waals surface area contributed by atoms with Crippen LogP contribution in [0.2, 0.25) is 5.15 Å². The first-order valence-corrected chi connectivity index (χ1v) is 8.90. The Morgan fingerprint density at radius 1 is 0.917 bits per heavy atom. The number of aromatic nitrogens is 2. The number of rotatable bonds is 3. The molecular weight excluding hydrogens is 344 g/mol. The lowest BCUT2D eigenvalue weighted by Crippen LogP contribution is -2.17. The van der Waals surface area contributed by atoms with Crippen LogP contribution in [-0.4, -0.2) is 23.2 Å². The number of nitrogens with zero attached hydrogens (tertiary/aromatic N) is 2. The lowest BCUT2D eigenvalue weighted by atomic mass is 10.1. The van der Waals surface area contributed by atoms with Gasteiger partial charge in [0.1, 0.15) is 10.2 Å². The quantitative estimate of drug-likeness (QED) is 0.620. The SMILES string of the molecule is Clc1ccc(-c2cnc(-c3ccc(C4OCCCO4)cc3)s2)cn1. The number of hydrogen-bond acceptors (Lipinski definition) is 5. The average Bonchev–Trinajstić information content (AvgIpc) is 3.13. The Bertz CT molecular complexity index is 812. The Hall–Kier alpha value is -1.79. The van der Waals surface area contributed by atoms with Crippen LogP contribution in [0.3, 0.4) is 0 Å². The summed E-state index contributed by atoms with van der Waals surface area (Å²) in [6.07, 6.45) is 4.34. The summed E-state index contributed by atoms with van der Waals surface area (Å²) in [4.78, 5) is 9.71. The number of pyridine rings is 1. The van der Waals surface area contributed by atoms with Gasteiger partial charge in [-0.2, -0.15) is 0 Å². The van der Waals surface area contributed by atoms with Crippen LogP contribution in [0, 0.1) is 0 Å². The molecule has 4 nitrogen and oxygen atoms in total. The second-order valence-electron chi connectivity index (χ2n) is 5.45. The summed E-state index contributed by atoms with van der Waals surface area (Å²) in [6, 6.07) is 11.9. The Balaban J connectivity index is 1.54. The minimum Gasteiger partial charge on any atom is -0.348 e. The van der Waals surface area contributed by atoms with Gasteiger partial charge in [0.05, 0.1) is 18.1 Å². The van der Waals surface area contributed by atoms with E-state index < -0.39 is 0 Å². The van der Waals surface area contributed by atoms with Gasteiger partial charge in [-0.05, 0) is 18.6 Å². The number of ether oxygens (including phenoxy) is 2. The summed E-state index contributed by atoms with van der Waals surface area (Å²) < 4.78 is 11.3. The van der Waals surface area contributed by atoms with Crippen molar-refractivity contribution in [1.82, 2.24) is 9.97 Å². The number of hydrogen-bond donors (Lipinski definition) is 0. The van der Waals surface area contributed by atoms with E-state index >= 15 is 0 Å². The summed E-state index contributed by atoms with van der Waals surface area (Å²) in [5.41, 5.74) is 3.13. The van der Waals surface area contributed by atoms with E-state index in [2.05, 4.69) is 22.1 Å². The van der Waals surface area contributed by atoms with Crippen LogP contribution in [0.25, 0.3) is 21.0 Å². The van der Waals surface area contributed by atoms with Crippen molar-refractivity contribution in [1.29, 1.82) is 0 Å². The van der Waals surface area contributed by atoms with Gasteiger partial charge in [-0.15, -0.1) is 11.3 Å². The zero-order valence-electron chi connectivity index (χ0n) is 12.8. The minimum absolute atomic E-state index is 0.250. The Morgan fingerprint density at radius 3 is 2.38 bits per heavy atom. The minimum atomic E-state index is -0.250. The van der Waals surface area contributed by atoms with Crippen molar-refractivity contribution in [2.24, 2.45) is 0 Å². The third-order valence-corrected chi connectivity index (χ3v) is 5.09. The molecule has 0 bridgehead atoms. The second kappa shape index (κ2) is 6.99. The van der Waals surface area contributed by atoms with Gasteiger partial charge in [0.15, 0.2) is 6.29 Å². The van der Waals surface area contributed by atoms with Crippen LogP contribution in [0.15, 0.2) is 48.8 Å². The molecule has 0 amide bonds. The molecule has 1 aliphatic rings. The molecule has 3 heterocycles. The van der Waals surface area contributed by atoms with E-state index in [0.717, 1.165) is 46.2 Å². The van der Waals surface area contributed by atoms with E-state index in [1.54, 1.807) is 23.6 Å². The summed E-state index contributed by atoms with van der Waals surface area (Å²) in [5.74, 6) is 0. The molecule has 0 unspecified atom stereocenters. The molecule has 4 rings (SSSR count). The molecule has 0 radical (unpaired) electrons. The van der Waals surface area contributed by atoms with Crippen molar-refractivity contribution < 1.29 is 9.47 Å². The van der Waals surface area contributed by atoms with Crippen molar-refractivity contribution >= 4 is 22.9 Å². The van der Waals surface area contributed by atoms with Crippen molar-refractivity contribution in [3.05, 3.63) is 59.5 Å². The van der Waals surface area contributed by atoms with Gasteiger partial charge < -0.3 is 9.47 Å². The highest BCUT2D eigenvalue weighted by Crippen LogP contribution is 2.33. The molecule has 1 saturated heterocycles. The summed E-state index contributed by atoms with van der Waals surface area (Å²) in [5, 5.41) is 1.46. The highest BCUT2D eigenvalue weighted by molar-refractivity contribution is 7.18. The lowest BCUT2D eigenvalue weighted by molar-refractivity contribution is -0.183. The summed E-state index contributed by atoms with van der Waals surface area (Å²) in [7, 11) is 0. The van der Waals surface area contributed by atoms with Gasteiger partial charge in [0.2, 0.25) is 0 Å². The van der Waals surface area contributed by atoms with E-state index in [4.69, 9.17) is 21.1 Å². The molecule has 6 heteroatoms. The van der Waals surface area contributed by atoms with Crippen molar-refractivity contribution in [2.75, 3.05) is 13.2 Å². The summed E-state index contributed by atoms with van der Waals surface area (Å²) >= 11 is 7.46. The van der Waals surface area contributed by atoms with E-state index in [9.17, 15) is 0 Å². The maximum Gasteiger partial charge on any atom is 0.183 e. The molecule has 1 aliphatic heterocycles. The molecule has 122 valence electrons. The molecule has 1 fully saturated rings. The first-order valence-electron chi connectivity index (χ1n) is 7.71. The molecule has 0 atom stereocenters. The lowest BCUT2D eigenvalue weighted by Gasteiger charge is -2.23. The molecule has 24 heavy (non-hydrogen) atoms. The molecule has 0 saturated carbocycles. The van der Waals surface area contributed by atoms with Crippen LogP contribution in [0.4, 0.5) is 0 Å². The molecule has 3 aromatic rings. The molecule has 2 aromatic heterocycles. The van der Waals surface area contributed by atoms with Gasteiger partial charge in [0.25, 0.3) is 0 Å². The Labute approximate surface area is 149 Å².